The Morgan fingerprint density at radius 2 is 1.32 bits per heavy atom. The lowest BCUT2D eigenvalue weighted by atomic mass is 9.79. The van der Waals surface area contributed by atoms with Gasteiger partial charge in [-0.1, -0.05) is 145 Å². The summed E-state index contributed by atoms with van der Waals surface area (Å²) in [5.74, 6) is 0. The zero-order chi connectivity index (χ0) is 37.9. The molecule has 276 valence electrons. The fourth-order valence-corrected chi connectivity index (χ4v) is 8.77. The van der Waals surface area contributed by atoms with Gasteiger partial charge in [-0.3, -0.25) is 0 Å². The minimum Gasteiger partial charge on any atom is -0.364 e. The van der Waals surface area contributed by atoms with Crippen LogP contribution in [0.1, 0.15) is 96.4 Å². The van der Waals surface area contributed by atoms with Gasteiger partial charge in [-0.15, -0.1) is 0 Å². The molecule has 4 aromatic rings. The lowest BCUT2D eigenvalue weighted by Gasteiger charge is -2.33. The Morgan fingerprint density at radius 1 is 0.736 bits per heavy atom. The highest BCUT2D eigenvalue weighted by atomic mass is 15.2. The van der Waals surface area contributed by atoms with E-state index in [0.29, 0.717) is 0 Å². The number of allylic oxidation sites excluding steroid dienone is 6. The zero-order valence-corrected chi connectivity index (χ0v) is 34.0. The van der Waals surface area contributed by atoms with Gasteiger partial charge in [-0.25, -0.2) is 0 Å². The highest BCUT2D eigenvalue weighted by molar-refractivity contribution is 5.75. The average Bonchev–Trinajstić information content (AvgIpc) is 3.71. The Morgan fingerprint density at radius 3 is 1.92 bits per heavy atom. The van der Waals surface area contributed by atoms with E-state index in [1.807, 2.05) is 13.8 Å². The maximum atomic E-state index is 2.68. The lowest BCUT2D eigenvalue weighted by molar-refractivity contribution is 0.471. The molecule has 2 aliphatic heterocycles. The largest absolute Gasteiger partial charge is 0.364 e. The van der Waals surface area contributed by atoms with Crippen LogP contribution in [0.4, 0.5) is 22.7 Å². The number of anilines is 4. The van der Waals surface area contributed by atoms with E-state index in [1.54, 1.807) is 0 Å². The summed E-state index contributed by atoms with van der Waals surface area (Å²) in [4.78, 5) is 7.56. The third-order valence-corrected chi connectivity index (χ3v) is 11.6. The highest BCUT2D eigenvalue weighted by Crippen LogP contribution is 2.49. The molecule has 0 spiro atoms. The van der Waals surface area contributed by atoms with E-state index in [4.69, 9.17) is 0 Å². The van der Waals surface area contributed by atoms with Crippen LogP contribution in [0.25, 0.3) is 0 Å². The van der Waals surface area contributed by atoms with Gasteiger partial charge in [0.1, 0.15) is 0 Å². The van der Waals surface area contributed by atoms with Gasteiger partial charge in [-0.05, 0) is 97.9 Å². The molecule has 53 heavy (non-hydrogen) atoms. The van der Waals surface area contributed by atoms with Crippen molar-refractivity contribution in [3.05, 3.63) is 166 Å². The van der Waals surface area contributed by atoms with Gasteiger partial charge in [0.25, 0.3) is 0 Å². The van der Waals surface area contributed by atoms with Crippen LogP contribution in [0.3, 0.4) is 0 Å². The van der Waals surface area contributed by atoms with Crippen LogP contribution in [0.2, 0.25) is 0 Å². The number of rotatable bonds is 9. The van der Waals surface area contributed by atoms with E-state index >= 15 is 0 Å². The standard InChI is InChI=1S/C48H55N3.C2H6/c1-9-10-31-50-43-28-22-35(3)33-41(43)48(6,7)45(50)30-26-37-24-23-36(25-29-44-47(4,5)40-32-34(2)21-27-42(40)49(44)8)46(37)51(38-17-13-11-14-18-38)39-19-15-12-16-20-39;1-2/h11-22,25-30,32-33,45H,9-10,23-24,31H2,1-8H3;1-2H3/b30-26+,36-25+,44-29+;. The molecule has 0 fully saturated rings. The van der Waals surface area contributed by atoms with E-state index in [0.717, 1.165) is 19.4 Å². The first-order chi connectivity index (χ1) is 25.5. The summed E-state index contributed by atoms with van der Waals surface area (Å²) in [5, 5.41) is 0. The van der Waals surface area contributed by atoms with Crippen LogP contribution in [0, 0.1) is 13.8 Å². The summed E-state index contributed by atoms with van der Waals surface area (Å²) < 4.78 is 0. The summed E-state index contributed by atoms with van der Waals surface area (Å²) in [7, 11) is 2.22. The van der Waals surface area contributed by atoms with Crippen LogP contribution >= 0.6 is 0 Å². The topological polar surface area (TPSA) is 9.72 Å². The number of hydrogen-bond donors (Lipinski definition) is 0. The monoisotopic (exact) mass is 703 g/mol. The molecule has 1 aliphatic carbocycles. The summed E-state index contributed by atoms with van der Waals surface area (Å²) in [6, 6.07) is 36.0. The van der Waals surface area contributed by atoms with Crippen molar-refractivity contribution < 1.29 is 0 Å². The molecule has 0 saturated carbocycles. The molecule has 2 heterocycles. The van der Waals surface area contributed by atoms with Gasteiger partial charge in [0.2, 0.25) is 0 Å². The third-order valence-electron chi connectivity index (χ3n) is 11.6. The van der Waals surface area contributed by atoms with Gasteiger partial charge in [0, 0.05) is 52.9 Å². The number of nitrogens with zero attached hydrogens (tertiary/aromatic N) is 3. The summed E-state index contributed by atoms with van der Waals surface area (Å²) in [6.07, 6.45) is 14.2. The molecule has 1 unspecified atom stereocenters. The van der Waals surface area contributed by atoms with Gasteiger partial charge >= 0.3 is 0 Å². The minimum absolute atomic E-state index is 0.00143. The van der Waals surface area contributed by atoms with Crippen molar-refractivity contribution in [1.82, 2.24) is 0 Å². The van der Waals surface area contributed by atoms with Crippen molar-refractivity contribution in [3.8, 4) is 0 Å². The van der Waals surface area contributed by atoms with Gasteiger partial charge in [0.15, 0.2) is 0 Å². The van der Waals surface area contributed by atoms with Crippen molar-refractivity contribution in [1.29, 1.82) is 0 Å². The number of benzene rings is 4. The van der Waals surface area contributed by atoms with Crippen molar-refractivity contribution >= 4 is 22.7 Å². The smallest absolute Gasteiger partial charge is 0.0568 e. The Kier molecular flexibility index (Phi) is 11.2. The van der Waals surface area contributed by atoms with Crippen molar-refractivity contribution in [2.75, 3.05) is 28.3 Å². The Hall–Kier alpha value is -4.76. The molecule has 0 aromatic heterocycles. The first kappa shape index (κ1) is 38.0. The summed E-state index contributed by atoms with van der Waals surface area (Å²) >= 11 is 0. The number of aryl methyl sites for hydroxylation is 2. The van der Waals surface area contributed by atoms with E-state index in [1.165, 1.54) is 80.4 Å². The van der Waals surface area contributed by atoms with E-state index in [2.05, 4.69) is 192 Å². The van der Waals surface area contributed by atoms with E-state index in [-0.39, 0.29) is 16.9 Å². The molecule has 3 aliphatic rings. The van der Waals surface area contributed by atoms with E-state index in [9.17, 15) is 0 Å². The molecule has 0 radical (unpaired) electrons. The number of para-hydroxylation sites is 2. The van der Waals surface area contributed by atoms with Crippen molar-refractivity contribution in [3.63, 3.8) is 0 Å². The predicted octanol–water partition coefficient (Wildman–Crippen LogP) is 13.3. The van der Waals surface area contributed by atoms with Crippen LogP contribution in [-0.4, -0.2) is 19.6 Å². The number of unbranched alkanes of at least 4 members (excludes halogenated alkanes) is 1. The van der Waals surface area contributed by atoms with Crippen LogP contribution in [0.5, 0.6) is 0 Å². The highest BCUT2D eigenvalue weighted by Gasteiger charge is 2.43. The lowest BCUT2D eigenvalue weighted by Crippen LogP contribution is -2.40. The average molecular weight is 704 g/mol. The maximum Gasteiger partial charge on any atom is 0.0568 e. The maximum absolute atomic E-state index is 2.68. The van der Waals surface area contributed by atoms with Gasteiger partial charge in [-0.2, -0.15) is 0 Å². The fraction of sp³-hybridized carbons (Fsp3) is 0.360. The molecule has 0 saturated heterocycles. The first-order valence-corrected chi connectivity index (χ1v) is 20.0. The number of likely N-dealkylation sites (N-methyl/N-ethyl adjacent to an activating group) is 1. The first-order valence-electron chi connectivity index (χ1n) is 20.0. The van der Waals surface area contributed by atoms with Crippen LogP contribution < -0.4 is 14.7 Å². The van der Waals surface area contributed by atoms with E-state index < -0.39 is 0 Å². The Balaban J connectivity index is 0.00000236. The number of hydrogen-bond acceptors (Lipinski definition) is 3. The molecule has 0 amide bonds. The quantitative estimate of drug-likeness (QED) is 0.172. The molecule has 7 rings (SSSR count). The SMILES string of the molecule is CC.CCCCN1c2ccc(C)cc2C(C)(C)C1/C=C/C1=C(N(c2ccccc2)c2ccccc2)C(=C/C=C2/N(C)c3ccc(C)cc3C2(C)C)/CC1. The second kappa shape index (κ2) is 15.7. The molecule has 3 heteroatoms. The number of fused-ring (bicyclic) bond motifs is 2. The van der Waals surface area contributed by atoms with Crippen molar-refractivity contribution in [2.45, 2.75) is 105 Å². The molecule has 0 N–H and O–H groups in total. The fourth-order valence-electron chi connectivity index (χ4n) is 8.77. The minimum atomic E-state index is -0.0830. The van der Waals surface area contributed by atoms with Crippen LogP contribution in [0.15, 0.2) is 144 Å². The molecule has 4 aromatic carbocycles. The van der Waals surface area contributed by atoms with Gasteiger partial charge < -0.3 is 14.7 Å². The van der Waals surface area contributed by atoms with Gasteiger partial charge in [0.05, 0.1) is 11.7 Å². The zero-order valence-electron chi connectivity index (χ0n) is 34.0. The molecule has 1 atom stereocenters. The molecular formula is C50H61N3. The Bertz CT molecular complexity index is 1990. The summed E-state index contributed by atoms with van der Waals surface area (Å²) in [6.45, 7) is 21.4. The normalized spacial score (nSPS) is 19.9. The van der Waals surface area contributed by atoms with Crippen LogP contribution in [-0.2, 0) is 10.8 Å². The predicted molar refractivity (Wildman–Crippen MR) is 231 cm³/mol. The molecular weight excluding hydrogens is 643 g/mol. The molecule has 0 bridgehead atoms. The molecule has 3 nitrogen and oxygen atoms in total. The van der Waals surface area contributed by atoms with Crippen molar-refractivity contribution in [2.24, 2.45) is 0 Å². The summed E-state index contributed by atoms with van der Waals surface area (Å²) in [5.41, 5.74) is 15.9. The second-order valence-corrected chi connectivity index (χ2v) is 15.9. The second-order valence-electron chi connectivity index (χ2n) is 15.9. The Labute approximate surface area is 321 Å². The third kappa shape index (κ3) is 7.16.